The Bertz CT molecular complexity index is 330. The fourth-order valence-electron chi connectivity index (χ4n) is 1.81. The molecule has 0 heteroatoms. The van der Waals surface area contributed by atoms with Gasteiger partial charge in [-0.2, -0.15) is 0 Å². The summed E-state index contributed by atoms with van der Waals surface area (Å²) >= 11 is 0. The van der Waals surface area contributed by atoms with E-state index in [1.807, 2.05) is 6.92 Å². The number of hydrogen-bond donors (Lipinski definition) is 0. The van der Waals surface area contributed by atoms with E-state index in [0.717, 1.165) is 0 Å². The summed E-state index contributed by atoms with van der Waals surface area (Å²) in [5.41, 5.74) is 2.76. The van der Waals surface area contributed by atoms with Crippen LogP contribution in [0.25, 0.3) is 6.08 Å². The van der Waals surface area contributed by atoms with Gasteiger partial charge in [0.25, 0.3) is 0 Å². The number of hydrogen-bond acceptors (Lipinski definition) is 0. The molecule has 0 saturated carbocycles. The predicted octanol–water partition coefficient (Wildman–Crippen LogP) is 6.21. The van der Waals surface area contributed by atoms with Crippen molar-refractivity contribution in [3.05, 3.63) is 54.1 Å². The number of allylic oxidation sites excluding steroid dienone is 2. The second kappa shape index (κ2) is 10.8. The minimum Gasteiger partial charge on any atom is -0.103 e. The molecular formula is C18H28. The van der Waals surface area contributed by atoms with Gasteiger partial charge in [0.15, 0.2) is 0 Å². The van der Waals surface area contributed by atoms with E-state index in [2.05, 4.69) is 63.8 Å². The van der Waals surface area contributed by atoms with Gasteiger partial charge in [0, 0.05) is 0 Å². The van der Waals surface area contributed by atoms with Crippen molar-refractivity contribution in [2.24, 2.45) is 0 Å². The molecule has 1 atom stereocenters. The third-order valence-corrected chi connectivity index (χ3v) is 2.86. The topological polar surface area (TPSA) is 0 Å². The molecule has 0 N–H and O–H groups in total. The molecular weight excluding hydrogens is 216 g/mol. The van der Waals surface area contributed by atoms with E-state index in [9.17, 15) is 0 Å². The van der Waals surface area contributed by atoms with Crippen LogP contribution in [0, 0.1) is 0 Å². The van der Waals surface area contributed by atoms with Crippen molar-refractivity contribution in [2.45, 2.75) is 52.9 Å². The first-order valence-electron chi connectivity index (χ1n) is 6.99. The van der Waals surface area contributed by atoms with Gasteiger partial charge >= 0.3 is 0 Å². The summed E-state index contributed by atoms with van der Waals surface area (Å²) < 4.78 is 0. The van der Waals surface area contributed by atoms with Crippen molar-refractivity contribution in [3.8, 4) is 0 Å². The van der Waals surface area contributed by atoms with Crippen LogP contribution in [0.15, 0.2) is 43.0 Å². The lowest BCUT2D eigenvalue weighted by Gasteiger charge is -2.11. The quantitative estimate of drug-likeness (QED) is 0.540. The maximum absolute atomic E-state index is 3.36. The standard InChI is InChI=1S/C15H22.C3H6/c1-4-6-8-13(3)15-11-9-14(7-5-2)10-12-15;1-3-2/h5,7,9-13H,4,6,8H2,1-3H3;3H,1H2,2H3/b7-5-;/t13-;/m0./s1. The minimum atomic E-state index is 0.699. The molecule has 0 heterocycles. The summed E-state index contributed by atoms with van der Waals surface area (Å²) in [6.45, 7) is 11.9. The Morgan fingerprint density at radius 2 is 1.72 bits per heavy atom. The van der Waals surface area contributed by atoms with Gasteiger partial charge in [-0.1, -0.05) is 69.2 Å². The van der Waals surface area contributed by atoms with Gasteiger partial charge in [-0.3, -0.25) is 0 Å². The molecule has 1 rings (SSSR count). The van der Waals surface area contributed by atoms with Crippen molar-refractivity contribution in [1.82, 2.24) is 0 Å². The molecule has 0 unspecified atom stereocenters. The second-order valence-corrected chi connectivity index (χ2v) is 4.62. The van der Waals surface area contributed by atoms with Crippen LogP contribution < -0.4 is 0 Å². The van der Waals surface area contributed by atoms with Crippen LogP contribution in [0.4, 0.5) is 0 Å². The van der Waals surface area contributed by atoms with Crippen molar-refractivity contribution >= 4 is 6.08 Å². The molecule has 18 heavy (non-hydrogen) atoms. The molecule has 0 saturated heterocycles. The largest absolute Gasteiger partial charge is 0.103 e. The van der Waals surface area contributed by atoms with E-state index >= 15 is 0 Å². The van der Waals surface area contributed by atoms with E-state index in [4.69, 9.17) is 0 Å². The Balaban J connectivity index is 0.000000873. The Labute approximate surface area is 113 Å². The SMILES string of the molecule is C/C=C\c1ccc([C@@H](C)CCCC)cc1.C=CC. The first kappa shape index (κ1) is 16.7. The minimum absolute atomic E-state index is 0.699. The maximum atomic E-state index is 3.36. The number of benzene rings is 1. The molecule has 1 aromatic rings. The van der Waals surface area contributed by atoms with Crippen LogP contribution in [0.3, 0.4) is 0 Å². The Morgan fingerprint density at radius 3 is 2.17 bits per heavy atom. The molecule has 0 spiro atoms. The summed E-state index contributed by atoms with van der Waals surface area (Å²) in [4.78, 5) is 0. The highest BCUT2D eigenvalue weighted by atomic mass is 14.1. The second-order valence-electron chi connectivity index (χ2n) is 4.62. The fourth-order valence-corrected chi connectivity index (χ4v) is 1.81. The monoisotopic (exact) mass is 244 g/mol. The first-order chi connectivity index (χ1) is 8.69. The fraction of sp³-hybridized carbons (Fsp3) is 0.444. The van der Waals surface area contributed by atoms with Gasteiger partial charge in [0.05, 0.1) is 0 Å². The smallest absolute Gasteiger partial charge is 0.0190 e. The summed E-state index contributed by atoms with van der Waals surface area (Å²) in [5, 5.41) is 0. The van der Waals surface area contributed by atoms with E-state index < -0.39 is 0 Å². The Hall–Kier alpha value is -1.30. The third kappa shape index (κ3) is 7.11. The third-order valence-electron chi connectivity index (χ3n) is 2.86. The van der Waals surface area contributed by atoms with Crippen LogP contribution in [-0.2, 0) is 0 Å². The van der Waals surface area contributed by atoms with Gasteiger partial charge in [-0.05, 0) is 37.3 Å². The van der Waals surface area contributed by atoms with E-state index in [1.165, 1.54) is 30.4 Å². The zero-order chi connectivity index (χ0) is 13.8. The van der Waals surface area contributed by atoms with Crippen molar-refractivity contribution in [3.63, 3.8) is 0 Å². The molecule has 100 valence electrons. The average molecular weight is 244 g/mol. The molecule has 0 amide bonds. The van der Waals surface area contributed by atoms with Crippen molar-refractivity contribution < 1.29 is 0 Å². The van der Waals surface area contributed by atoms with Crippen molar-refractivity contribution in [2.75, 3.05) is 0 Å². The van der Waals surface area contributed by atoms with Crippen LogP contribution in [0.2, 0.25) is 0 Å². The summed E-state index contributed by atoms with van der Waals surface area (Å²) in [7, 11) is 0. The molecule has 0 nitrogen and oxygen atoms in total. The van der Waals surface area contributed by atoms with E-state index in [-0.39, 0.29) is 0 Å². The van der Waals surface area contributed by atoms with Gasteiger partial charge in [0.1, 0.15) is 0 Å². The maximum Gasteiger partial charge on any atom is -0.0190 e. The Morgan fingerprint density at radius 1 is 1.17 bits per heavy atom. The molecule has 1 aromatic carbocycles. The summed E-state index contributed by atoms with van der Waals surface area (Å²) in [6, 6.07) is 8.93. The summed E-state index contributed by atoms with van der Waals surface area (Å²) in [5.74, 6) is 0.699. The zero-order valence-corrected chi connectivity index (χ0v) is 12.4. The Kier molecular flexibility index (Phi) is 10.0. The lowest BCUT2D eigenvalue weighted by Crippen LogP contribution is -1.93. The van der Waals surface area contributed by atoms with Crippen LogP contribution >= 0.6 is 0 Å². The van der Waals surface area contributed by atoms with E-state index in [0.29, 0.717) is 5.92 Å². The molecule has 0 aliphatic rings. The van der Waals surface area contributed by atoms with Gasteiger partial charge in [-0.15, -0.1) is 6.58 Å². The summed E-state index contributed by atoms with van der Waals surface area (Å²) in [6.07, 6.45) is 9.90. The molecule has 0 bridgehead atoms. The van der Waals surface area contributed by atoms with Crippen LogP contribution in [0.5, 0.6) is 0 Å². The van der Waals surface area contributed by atoms with Gasteiger partial charge in [0.2, 0.25) is 0 Å². The van der Waals surface area contributed by atoms with Crippen LogP contribution in [0.1, 0.15) is 64.0 Å². The molecule has 0 fully saturated rings. The van der Waals surface area contributed by atoms with E-state index in [1.54, 1.807) is 6.08 Å². The highest BCUT2D eigenvalue weighted by molar-refractivity contribution is 5.49. The normalized spacial score (nSPS) is 11.8. The van der Waals surface area contributed by atoms with Gasteiger partial charge in [-0.25, -0.2) is 0 Å². The lowest BCUT2D eigenvalue weighted by molar-refractivity contribution is 0.624. The highest BCUT2D eigenvalue weighted by Gasteiger charge is 2.03. The number of rotatable bonds is 5. The molecule has 0 aliphatic carbocycles. The van der Waals surface area contributed by atoms with Crippen molar-refractivity contribution in [1.29, 1.82) is 0 Å². The predicted molar refractivity (Wildman–Crippen MR) is 85.0 cm³/mol. The molecule has 0 radical (unpaired) electrons. The zero-order valence-electron chi connectivity index (χ0n) is 12.4. The lowest BCUT2D eigenvalue weighted by atomic mass is 9.95. The highest BCUT2D eigenvalue weighted by Crippen LogP contribution is 2.21. The first-order valence-corrected chi connectivity index (χ1v) is 6.99. The van der Waals surface area contributed by atoms with Gasteiger partial charge < -0.3 is 0 Å². The molecule has 0 aromatic heterocycles. The van der Waals surface area contributed by atoms with Crippen LogP contribution in [-0.4, -0.2) is 0 Å². The number of unbranched alkanes of at least 4 members (excludes halogenated alkanes) is 1. The molecule has 0 aliphatic heterocycles. The average Bonchev–Trinajstić information content (AvgIpc) is 2.38.